The molecule has 1 heterocycles. The Kier molecular flexibility index (Phi) is 9.88. The van der Waals surface area contributed by atoms with E-state index in [1.807, 2.05) is 30.3 Å². The van der Waals surface area contributed by atoms with Crippen molar-refractivity contribution < 1.29 is 24.4 Å². The molecule has 0 radical (unpaired) electrons. The fraction of sp³-hybridized carbons (Fsp3) is 0.600. The van der Waals surface area contributed by atoms with Crippen LogP contribution in [-0.2, 0) is 20.8 Å². The van der Waals surface area contributed by atoms with Crippen molar-refractivity contribution in [3.05, 3.63) is 35.9 Å². The van der Waals surface area contributed by atoms with Gasteiger partial charge in [0.15, 0.2) is 0 Å². The summed E-state index contributed by atoms with van der Waals surface area (Å²) in [4.78, 5) is 50.8. The van der Waals surface area contributed by atoms with Crippen LogP contribution in [0.5, 0.6) is 0 Å². The quantitative estimate of drug-likeness (QED) is 0.198. The van der Waals surface area contributed by atoms with Crippen LogP contribution in [0.2, 0.25) is 0 Å². The summed E-state index contributed by atoms with van der Waals surface area (Å²) in [6.45, 7) is 0.762. The molecule has 1 aromatic rings. The number of carbonyl (C=O) groups is 4. The molecule has 2 aliphatic rings. The number of rotatable bonds is 11. The molecule has 2 fully saturated rings. The number of aryl methyl sites for hydroxylation is 1. The summed E-state index contributed by atoms with van der Waals surface area (Å²) in [6, 6.07) is 8.66. The Bertz CT molecular complexity index is 828. The van der Waals surface area contributed by atoms with E-state index < -0.39 is 23.9 Å². The fourth-order valence-corrected chi connectivity index (χ4v) is 5.09. The highest BCUT2D eigenvalue weighted by atomic mass is 16.5. The van der Waals surface area contributed by atoms with E-state index in [9.17, 15) is 24.4 Å². The number of nitrogens with one attached hydrogen (secondary N) is 2. The van der Waals surface area contributed by atoms with Crippen LogP contribution >= 0.6 is 0 Å². The molecule has 9 heteroatoms. The fourth-order valence-electron chi connectivity index (χ4n) is 5.09. The monoisotopic (exact) mass is 472 g/mol. The van der Waals surface area contributed by atoms with Gasteiger partial charge in [-0.25, -0.2) is 9.86 Å². The van der Waals surface area contributed by atoms with Crippen LogP contribution in [0.4, 0.5) is 4.79 Å². The van der Waals surface area contributed by atoms with Crippen molar-refractivity contribution in [1.82, 2.24) is 20.6 Å². The van der Waals surface area contributed by atoms with Crippen molar-refractivity contribution >= 4 is 24.3 Å². The Morgan fingerprint density at radius 2 is 1.85 bits per heavy atom. The molecule has 0 aromatic heterocycles. The molecule has 186 valence electrons. The lowest BCUT2D eigenvalue weighted by Crippen LogP contribution is -2.52. The minimum atomic E-state index is -0.725. The Labute approximate surface area is 200 Å². The zero-order chi connectivity index (χ0) is 24.3. The van der Waals surface area contributed by atoms with E-state index in [2.05, 4.69) is 10.6 Å². The molecular weight excluding hydrogens is 436 g/mol. The molecule has 1 saturated carbocycles. The van der Waals surface area contributed by atoms with Crippen molar-refractivity contribution in [2.24, 2.45) is 11.8 Å². The predicted octanol–water partition coefficient (Wildman–Crippen LogP) is 2.48. The first-order chi connectivity index (χ1) is 16.5. The Balaban J connectivity index is 1.50. The molecule has 3 N–H and O–H groups in total. The molecule has 1 aromatic carbocycles. The third kappa shape index (κ3) is 7.55. The van der Waals surface area contributed by atoms with Crippen LogP contribution in [0.1, 0.15) is 56.9 Å². The van der Waals surface area contributed by atoms with Gasteiger partial charge >= 0.3 is 6.03 Å². The van der Waals surface area contributed by atoms with Gasteiger partial charge in [0.25, 0.3) is 5.91 Å². The van der Waals surface area contributed by atoms with Gasteiger partial charge in [-0.15, -0.1) is 0 Å². The largest absolute Gasteiger partial charge is 0.338 e. The minimum absolute atomic E-state index is 0.0917. The first-order valence-electron chi connectivity index (χ1n) is 12.3. The summed E-state index contributed by atoms with van der Waals surface area (Å²) in [7, 11) is 0. The van der Waals surface area contributed by atoms with Gasteiger partial charge < -0.3 is 10.2 Å². The number of amides is 5. The van der Waals surface area contributed by atoms with Gasteiger partial charge in [-0.1, -0.05) is 56.0 Å². The van der Waals surface area contributed by atoms with Crippen molar-refractivity contribution in [3.8, 4) is 0 Å². The maximum Gasteiger partial charge on any atom is 0.321 e. The van der Waals surface area contributed by atoms with Crippen LogP contribution in [0.25, 0.3) is 0 Å². The van der Waals surface area contributed by atoms with E-state index in [1.54, 1.807) is 0 Å². The van der Waals surface area contributed by atoms with Gasteiger partial charge in [0.05, 0.1) is 12.5 Å². The van der Waals surface area contributed by atoms with E-state index in [1.165, 1.54) is 10.5 Å². The minimum Gasteiger partial charge on any atom is -0.338 e. The maximum absolute atomic E-state index is 13.3. The number of benzene rings is 1. The van der Waals surface area contributed by atoms with Crippen LogP contribution in [-0.4, -0.2) is 65.1 Å². The molecule has 0 bridgehead atoms. The molecule has 34 heavy (non-hydrogen) atoms. The molecule has 1 saturated heterocycles. The molecular formula is C25H36N4O5. The third-order valence-corrected chi connectivity index (χ3v) is 6.82. The highest BCUT2D eigenvalue weighted by Gasteiger charge is 2.39. The summed E-state index contributed by atoms with van der Waals surface area (Å²) in [5.74, 6) is -0.931. The van der Waals surface area contributed by atoms with E-state index in [4.69, 9.17) is 0 Å². The molecule has 9 nitrogen and oxygen atoms in total. The summed E-state index contributed by atoms with van der Waals surface area (Å²) >= 11 is 0. The first-order valence-corrected chi connectivity index (χ1v) is 12.3. The third-order valence-electron chi connectivity index (χ3n) is 6.82. The van der Waals surface area contributed by atoms with Crippen molar-refractivity contribution in [3.63, 3.8) is 0 Å². The van der Waals surface area contributed by atoms with Gasteiger partial charge in [-0.3, -0.25) is 24.9 Å². The van der Waals surface area contributed by atoms with E-state index in [0.717, 1.165) is 38.5 Å². The van der Waals surface area contributed by atoms with Gasteiger partial charge in [0.1, 0.15) is 6.04 Å². The smallest absolute Gasteiger partial charge is 0.321 e. The number of hydrogen-bond donors (Lipinski definition) is 3. The van der Waals surface area contributed by atoms with Crippen LogP contribution in [0, 0.1) is 11.8 Å². The average molecular weight is 473 g/mol. The number of imide groups is 1. The molecule has 2 atom stereocenters. The Morgan fingerprint density at radius 3 is 2.56 bits per heavy atom. The zero-order valence-electron chi connectivity index (χ0n) is 19.7. The highest BCUT2D eigenvalue weighted by Crippen LogP contribution is 2.32. The van der Waals surface area contributed by atoms with Crippen LogP contribution < -0.4 is 10.6 Å². The number of likely N-dealkylation sites (tertiary alicyclic amines) is 1. The van der Waals surface area contributed by atoms with E-state index in [0.29, 0.717) is 49.7 Å². The molecule has 3 rings (SSSR count). The number of hydrogen-bond acceptors (Lipinski definition) is 5. The second-order valence-corrected chi connectivity index (χ2v) is 9.33. The van der Waals surface area contributed by atoms with Crippen LogP contribution in [0.15, 0.2) is 30.3 Å². The van der Waals surface area contributed by atoms with Crippen molar-refractivity contribution in [1.29, 1.82) is 0 Å². The normalized spacial score (nSPS) is 19.0. The second-order valence-electron chi connectivity index (χ2n) is 9.33. The summed E-state index contributed by atoms with van der Waals surface area (Å²) in [5.41, 5.74) is 1.18. The number of nitrogens with zero attached hydrogens (tertiary/aromatic N) is 2. The molecule has 0 spiro atoms. The standard InChI is InChI=1S/C25H36N4O5/c30-18-28(34)17-21(16-20-10-4-5-11-20)24(32)29-15-7-13-22(29)23(31)27-25(33)26-14-6-12-19-8-2-1-3-9-19/h1-3,8-9,18,20-22,34H,4-7,10-17H2,(H2,26,27,31,33)/t21-,22+/m1/s1. The summed E-state index contributed by atoms with van der Waals surface area (Å²) in [6.07, 6.45) is 7.90. The van der Waals surface area contributed by atoms with Gasteiger partial charge in [0.2, 0.25) is 12.3 Å². The van der Waals surface area contributed by atoms with Gasteiger partial charge in [-0.2, -0.15) is 0 Å². The SMILES string of the molecule is O=CN(O)C[C@@H](CC1CCCC1)C(=O)N1CCC[C@H]1C(=O)NC(=O)NCCCc1ccccc1. The zero-order valence-corrected chi connectivity index (χ0v) is 19.7. The topological polar surface area (TPSA) is 119 Å². The summed E-state index contributed by atoms with van der Waals surface area (Å²) < 4.78 is 0. The number of hydroxylamine groups is 2. The molecule has 5 amide bonds. The Morgan fingerprint density at radius 1 is 1.12 bits per heavy atom. The lowest BCUT2D eigenvalue weighted by atomic mass is 9.91. The van der Waals surface area contributed by atoms with Gasteiger partial charge in [-0.05, 0) is 43.6 Å². The highest BCUT2D eigenvalue weighted by molar-refractivity contribution is 5.99. The van der Waals surface area contributed by atoms with Crippen molar-refractivity contribution in [2.75, 3.05) is 19.6 Å². The average Bonchev–Trinajstić information content (AvgIpc) is 3.54. The lowest BCUT2D eigenvalue weighted by Gasteiger charge is -2.30. The second kappa shape index (κ2) is 13.1. The number of urea groups is 1. The van der Waals surface area contributed by atoms with E-state index >= 15 is 0 Å². The summed E-state index contributed by atoms with van der Waals surface area (Å²) in [5, 5.41) is 15.3. The maximum atomic E-state index is 13.3. The van der Waals surface area contributed by atoms with Crippen LogP contribution in [0.3, 0.4) is 0 Å². The molecule has 1 aliphatic carbocycles. The molecule has 0 unspecified atom stereocenters. The number of carbonyl (C=O) groups excluding carboxylic acids is 4. The van der Waals surface area contributed by atoms with E-state index in [-0.39, 0.29) is 12.5 Å². The predicted molar refractivity (Wildman–Crippen MR) is 126 cm³/mol. The lowest BCUT2D eigenvalue weighted by molar-refractivity contribution is -0.158. The Hall–Kier alpha value is -2.94. The van der Waals surface area contributed by atoms with Crippen molar-refractivity contribution in [2.45, 2.75) is 63.8 Å². The van der Waals surface area contributed by atoms with Gasteiger partial charge in [0, 0.05) is 13.1 Å². The first kappa shape index (κ1) is 25.7. The molecule has 1 aliphatic heterocycles.